The van der Waals surface area contributed by atoms with Crippen molar-refractivity contribution in [3.05, 3.63) is 0 Å². The van der Waals surface area contributed by atoms with E-state index in [1.165, 1.54) is 6.92 Å². The highest BCUT2D eigenvalue weighted by molar-refractivity contribution is 5.66. The van der Waals surface area contributed by atoms with Gasteiger partial charge in [-0.3, -0.25) is 4.79 Å². The van der Waals surface area contributed by atoms with Crippen molar-refractivity contribution in [1.82, 2.24) is 0 Å². The number of hydrogen-bond donors (Lipinski definition) is 7. The third-order valence-corrected chi connectivity index (χ3v) is 15.9. The van der Waals surface area contributed by atoms with Crippen LogP contribution in [0, 0.1) is 50.7 Å². The molecule has 0 aromatic heterocycles. The molecular weight excluding hydrogens is 636 g/mol. The summed E-state index contributed by atoms with van der Waals surface area (Å²) in [7, 11) is 0. The van der Waals surface area contributed by atoms with Gasteiger partial charge >= 0.3 is 5.97 Å². The van der Waals surface area contributed by atoms with Crippen molar-refractivity contribution < 1.29 is 59.5 Å². The number of carbonyl (C=O) groups is 1. The summed E-state index contributed by atoms with van der Waals surface area (Å²) in [6.45, 7) is 14.8. The molecule has 7 N–H and O–H groups in total. The summed E-state index contributed by atoms with van der Waals surface area (Å²) in [5, 5.41) is 79.3. The van der Waals surface area contributed by atoms with Crippen LogP contribution in [-0.4, -0.2) is 115 Å². The summed E-state index contributed by atoms with van der Waals surface area (Å²) in [6, 6.07) is 0. The Kier molecular flexibility index (Phi) is 8.22. The molecule has 0 radical (unpaired) electrons. The lowest BCUT2D eigenvalue weighted by Gasteiger charge is -2.64. The third-order valence-electron chi connectivity index (χ3n) is 15.9. The molecule has 0 aromatic rings. The van der Waals surface area contributed by atoms with Crippen LogP contribution in [0.1, 0.15) is 100 Å². The molecule has 0 amide bonds. The summed E-state index contributed by atoms with van der Waals surface area (Å²) in [6.07, 6.45) is -4.39. The minimum absolute atomic E-state index is 0.0777. The first-order valence-corrected chi connectivity index (χ1v) is 18.5. The van der Waals surface area contributed by atoms with Gasteiger partial charge in [-0.05, 0) is 98.2 Å². The third kappa shape index (κ3) is 4.61. The molecule has 0 bridgehead atoms. The van der Waals surface area contributed by atoms with E-state index in [-0.39, 0.29) is 41.3 Å². The zero-order chi connectivity index (χ0) is 36.1. The molecular formula is C37H60O12. The molecule has 12 heteroatoms. The number of carbonyl (C=O) groups excluding carboxylic acids is 1. The second kappa shape index (κ2) is 11.1. The molecule has 2 saturated heterocycles. The average molecular weight is 697 g/mol. The Balaban J connectivity index is 1.19. The largest absolute Gasteiger partial charge is 0.457 e. The van der Waals surface area contributed by atoms with Crippen LogP contribution in [0.15, 0.2) is 0 Å². The van der Waals surface area contributed by atoms with Crippen molar-refractivity contribution in [2.75, 3.05) is 6.61 Å². The molecule has 7 rings (SSSR count). The number of aliphatic hydroxyl groups is 7. The van der Waals surface area contributed by atoms with Gasteiger partial charge in [-0.1, -0.05) is 34.6 Å². The first-order valence-electron chi connectivity index (χ1n) is 18.5. The summed E-state index contributed by atoms with van der Waals surface area (Å²) in [5.41, 5.74) is -3.73. The average Bonchev–Trinajstić information content (AvgIpc) is 3.61. The first kappa shape index (κ1) is 36.4. The van der Waals surface area contributed by atoms with Gasteiger partial charge in [0.15, 0.2) is 18.2 Å². The van der Waals surface area contributed by atoms with Crippen molar-refractivity contribution in [1.29, 1.82) is 0 Å². The molecule has 2 spiro atoms. The molecule has 49 heavy (non-hydrogen) atoms. The highest BCUT2D eigenvalue weighted by atomic mass is 16.7. The molecule has 7 aliphatic rings. The van der Waals surface area contributed by atoms with Crippen LogP contribution in [0.4, 0.5) is 0 Å². The van der Waals surface area contributed by atoms with Crippen LogP contribution in [-0.2, 0) is 23.7 Å². The molecule has 5 aliphatic carbocycles. The Morgan fingerprint density at radius 3 is 2.22 bits per heavy atom. The smallest absolute Gasteiger partial charge is 0.303 e. The predicted octanol–water partition coefficient (Wildman–Crippen LogP) is 1.62. The maximum atomic E-state index is 12.6. The summed E-state index contributed by atoms with van der Waals surface area (Å²) >= 11 is 0. The highest BCUT2D eigenvalue weighted by Gasteiger charge is 2.88. The van der Waals surface area contributed by atoms with E-state index in [0.717, 1.165) is 25.7 Å². The minimum Gasteiger partial charge on any atom is -0.457 e. The first-order chi connectivity index (χ1) is 22.5. The van der Waals surface area contributed by atoms with E-state index < -0.39 is 88.5 Å². The van der Waals surface area contributed by atoms with E-state index in [9.17, 15) is 40.5 Å². The quantitative estimate of drug-likeness (QED) is 0.162. The molecule has 2 heterocycles. The van der Waals surface area contributed by atoms with E-state index in [1.54, 1.807) is 13.8 Å². The van der Waals surface area contributed by atoms with Gasteiger partial charge in [0, 0.05) is 18.3 Å². The van der Waals surface area contributed by atoms with Crippen LogP contribution < -0.4 is 0 Å². The van der Waals surface area contributed by atoms with Crippen molar-refractivity contribution in [3.63, 3.8) is 0 Å². The molecule has 0 aromatic carbocycles. The minimum atomic E-state index is -1.98. The maximum absolute atomic E-state index is 12.6. The SMILES string of the molecule is CC(=O)OC(C1CC(C)C2C(O)(O1)C(O)C1(C)C3C(O)CC4C(C)(C)C(OC5OCC(O)C(O)C5O)CCC45CC35CCC21C)C(C)(C)O. The molecule has 7 fully saturated rings. The summed E-state index contributed by atoms with van der Waals surface area (Å²) < 4.78 is 24.1. The van der Waals surface area contributed by atoms with Gasteiger partial charge in [0.25, 0.3) is 0 Å². The maximum Gasteiger partial charge on any atom is 0.303 e. The van der Waals surface area contributed by atoms with E-state index in [1.807, 2.05) is 13.8 Å². The van der Waals surface area contributed by atoms with Gasteiger partial charge < -0.3 is 54.7 Å². The molecule has 5 saturated carbocycles. The van der Waals surface area contributed by atoms with E-state index >= 15 is 0 Å². The number of aliphatic hydroxyl groups excluding tert-OH is 5. The van der Waals surface area contributed by atoms with Gasteiger partial charge in [0.2, 0.25) is 0 Å². The van der Waals surface area contributed by atoms with Crippen molar-refractivity contribution in [3.8, 4) is 0 Å². The zero-order valence-electron chi connectivity index (χ0n) is 30.3. The summed E-state index contributed by atoms with van der Waals surface area (Å²) in [5.74, 6) is -3.38. The van der Waals surface area contributed by atoms with Crippen LogP contribution >= 0.6 is 0 Å². The zero-order valence-corrected chi connectivity index (χ0v) is 30.3. The fraction of sp³-hybridized carbons (Fsp3) is 0.973. The number of esters is 1. The molecule has 280 valence electrons. The van der Waals surface area contributed by atoms with E-state index in [4.69, 9.17) is 18.9 Å². The highest BCUT2D eigenvalue weighted by Crippen LogP contribution is 2.89. The monoisotopic (exact) mass is 696 g/mol. The lowest BCUT2D eigenvalue weighted by molar-refractivity contribution is -0.343. The van der Waals surface area contributed by atoms with Crippen LogP contribution in [0.2, 0.25) is 0 Å². The fourth-order valence-electron chi connectivity index (χ4n) is 13.8. The van der Waals surface area contributed by atoms with Crippen LogP contribution in [0.25, 0.3) is 0 Å². The summed E-state index contributed by atoms with van der Waals surface area (Å²) in [4.78, 5) is 12.1. The topological polar surface area (TPSA) is 196 Å². The van der Waals surface area contributed by atoms with Gasteiger partial charge in [-0.25, -0.2) is 0 Å². The second-order valence-corrected chi connectivity index (χ2v) is 18.9. The lowest BCUT2D eigenvalue weighted by Crippen LogP contribution is -2.64. The van der Waals surface area contributed by atoms with Crippen molar-refractivity contribution in [2.24, 2.45) is 50.7 Å². The Morgan fingerprint density at radius 1 is 0.918 bits per heavy atom. The Morgan fingerprint density at radius 2 is 1.59 bits per heavy atom. The number of rotatable bonds is 5. The van der Waals surface area contributed by atoms with Gasteiger partial charge in [-0.2, -0.15) is 0 Å². The molecule has 12 nitrogen and oxygen atoms in total. The standard InChI is InChI=1S/C37H60O12/c1-17-13-21(28(32(5,6)44)47-18(2)38)49-37(45)26(17)33(7)11-12-36-16-35(36)10-9-23(48-29-25(42)24(41)20(40)15-46-29)31(3,4)22(35)14-19(39)27(36)34(33,8)30(37)43/h17,19-30,39-45H,9-16H2,1-8H3. The predicted molar refractivity (Wildman–Crippen MR) is 173 cm³/mol. The number of hydrogen-bond acceptors (Lipinski definition) is 12. The van der Waals surface area contributed by atoms with Gasteiger partial charge in [0.05, 0.1) is 24.4 Å². The van der Waals surface area contributed by atoms with Gasteiger partial charge in [-0.15, -0.1) is 0 Å². The molecule has 18 atom stereocenters. The fourth-order valence-corrected chi connectivity index (χ4v) is 13.8. The Labute approximate surface area is 289 Å². The number of fused-ring (bicyclic) bond motifs is 4. The second-order valence-electron chi connectivity index (χ2n) is 18.9. The van der Waals surface area contributed by atoms with E-state index in [0.29, 0.717) is 19.3 Å². The van der Waals surface area contributed by atoms with Crippen LogP contribution in [0.5, 0.6) is 0 Å². The molecule has 2 aliphatic heterocycles. The number of ether oxygens (including phenoxy) is 4. The van der Waals surface area contributed by atoms with E-state index in [2.05, 4.69) is 20.8 Å². The van der Waals surface area contributed by atoms with Crippen molar-refractivity contribution in [2.45, 2.75) is 167 Å². The normalized spacial score (nSPS) is 56.7. The molecule has 18 unspecified atom stereocenters. The van der Waals surface area contributed by atoms with Gasteiger partial charge in [0.1, 0.15) is 30.5 Å². The Bertz CT molecular complexity index is 1330. The van der Waals surface area contributed by atoms with Crippen molar-refractivity contribution >= 4 is 5.97 Å². The Hall–Kier alpha value is -0.930. The lowest BCUT2D eigenvalue weighted by atomic mass is 9.40. The van der Waals surface area contributed by atoms with Crippen LogP contribution in [0.3, 0.4) is 0 Å².